The second kappa shape index (κ2) is 6.23. The highest BCUT2D eigenvalue weighted by Gasteiger charge is 2.33. The molecule has 0 aromatic rings. The third kappa shape index (κ3) is 3.59. The van der Waals surface area contributed by atoms with Gasteiger partial charge in [0, 0.05) is 19.6 Å². The Morgan fingerprint density at radius 3 is 2.84 bits per heavy atom. The highest BCUT2D eigenvalue weighted by molar-refractivity contribution is 5.76. The third-order valence-corrected chi connectivity index (χ3v) is 3.81. The van der Waals surface area contributed by atoms with E-state index < -0.39 is 5.97 Å². The summed E-state index contributed by atoms with van der Waals surface area (Å²) in [5, 5.41) is 8.91. The summed E-state index contributed by atoms with van der Waals surface area (Å²) in [5.41, 5.74) is 0. The summed E-state index contributed by atoms with van der Waals surface area (Å²) in [7, 11) is 0. The summed E-state index contributed by atoms with van der Waals surface area (Å²) in [6.07, 6.45) is 2.14. The van der Waals surface area contributed by atoms with Crippen molar-refractivity contribution in [1.82, 2.24) is 9.80 Å². The van der Waals surface area contributed by atoms with E-state index in [1.54, 1.807) is 4.90 Å². The highest BCUT2D eigenvalue weighted by Crippen LogP contribution is 2.19. The van der Waals surface area contributed by atoms with E-state index in [-0.39, 0.29) is 18.5 Å². The Morgan fingerprint density at radius 1 is 1.37 bits per heavy atom. The van der Waals surface area contributed by atoms with Gasteiger partial charge in [-0.05, 0) is 18.8 Å². The van der Waals surface area contributed by atoms with Gasteiger partial charge in [0.2, 0.25) is 0 Å². The van der Waals surface area contributed by atoms with E-state index in [2.05, 4.69) is 6.92 Å². The van der Waals surface area contributed by atoms with Crippen LogP contribution in [-0.4, -0.2) is 65.8 Å². The molecule has 2 saturated heterocycles. The van der Waals surface area contributed by atoms with Crippen molar-refractivity contribution in [1.29, 1.82) is 0 Å². The van der Waals surface area contributed by atoms with Gasteiger partial charge in [0.05, 0.1) is 25.7 Å². The van der Waals surface area contributed by atoms with Crippen LogP contribution in [0.1, 0.15) is 26.2 Å². The lowest BCUT2D eigenvalue weighted by molar-refractivity contribution is -0.139. The normalized spacial score (nSPS) is 28.3. The Hall–Kier alpha value is -1.30. The van der Waals surface area contributed by atoms with Crippen LogP contribution in [0.3, 0.4) is 0 Å². The number of aliphatic carboxylic acids is 1. The summed E-state index contributed by atoms with van der Waals surface area (Å²) in [5.74, 6) is -0.364. The number of morpholine rings is 1. The van der Waals surface area contributed by atoms with Gasteiger partial charge in [-0.1, -0.05) is 6.92 Å². The molecule has 0 aromatic carbocycles. The molecule has 2 atom stereocenters. The number of likely N-dealkylation sites (tertiary alicyclic amines) is 1. The van der Waals surface area contributed by atoms with E-state index in [1.165, 1.54) is 0 Å². The van der Waals surface area contributed by atoms with E-state index in [0.29, 0.717) is 25.7 Å². The van der Waals surface area contributed by atoms with Crippen molar-refractivity contribution in [3.8, 4) is 0 Å². The molecule has 0 spiro atoms. The van der Waals surface area contributed by atoms with Crippen LogP contribution in [-0.2, 0) is 9.53 Å². The predicted molar refractivity (Wildman–Crippen MR) is 68.9 cm³/mol. The molecule has 0 aromatic heterocycles. The Morgan fingerprint density at radius 2 is 2.16 bits per heavy atom. The zero-order valence-corrected chi connectivity index (χ0v) is 11.4. The van der Waals surface area contributed by atoms with Gasteiger partial charge < -0.3 is 19.6 Å². The summed E-state index contributed by atoms with van der Waals surface area (Å²) in [4.78, 5) is 26.9. The molecule has 0 saturated carbocycles. The average molecular weight is 270 g/mol. The second-order valence-corrected chi connectivity index (χ2v) is 5.50. The summed E-state index contributed by atoms with van der Waals surface area (Å²) in [6.45, 7) is 5.00. The monoisotopic (exact) mass is 270 g/mol. The maximum Gasteiger partial charge on any atom is 0.320 e. The first-order valence-corrected chi connectivity index (χ1v) is 6.93. The van der Waals surface area contributed by atoms with Gasteiger partial charge in [-0.15, -0.1) is 0 Å². The van der Waals surface area contributed by atoms with E-state index >= 15 is 0 Å². The number of rotatable bonds is 2. The number of carbonyl (C=O) groups excluding carboxylic acids is 1. The molecular formula is C13H22N2O4. The molecule has 6 nitrogen and oxygen atoms in total. The zero-order chi connectivity index (χ0) is 13.8. The molecule has 108 valence electrons. The van der Waals surface area contributed by atoms with Crippen LogP contribution in [0.15, 0.2) is 0 Å². The van der Waals surface area contributed by atoms with Crippen LogP contribution < -0.4 is 0 Å². The van der Waals surface area contributed by atoms with E-state index in [9.17, 15) is 9.59 Å². The number of carbonyl (C=O) groups is 2. The van der Waals surface area contributed by atoms with Gasteiger partial charge in [0.25, 0.3) is 0 Å². The van der Waals surface area contributed by atoms with Crippen molar-refractivity contribution < 1.29 is 19.4 Å². The number of carboxylic acid groups (broad SMARTS) is 1. The number of piperidine rings is 1. The Kier molecular flexibility index (Phi) is 4.63. The minimum Gasteiger partial charge on any atom is -0.481 e. The molecule has 1 N–H and O–H groups in total. The molecule has 2 rings (SSSR count). The van der Waals surface area contributed by atoms with Gasteiger partial charge in [0.1, 0.15) is 0 Å². The number of nitrogens with zero attached hydrogens (tertiary/aromatic N) is 2. The van der Waals surface area contributed by atoms with Crippen molar-refractivity contribution in [2.45, 2.75) is 32.2 Å². The Labute approximate surface area is 113 Å². The van der Waals surface area contributed by atoms with E-state index in [1.807, 2.05) is 4.90 Å². The first-order chi connectivity index (χ1) is 9.08. The summed E-state index contributed by atoms with van der Waals surface area (Å²) >= 11 is 0. The molecule has 2 fully saturated rings. The SMILES string of the molecule is CC1CCCN(C(=O)N2CCOCC2CC(=O)O)C1. The zero-order valence-electron chi connectivity index (χ0n) is 11.4. The van der Waals surface area contributed by atoms with E-state index in [4.69, 9.17) is 9.84 Å². The smallest absolute Gasteiger partial charge is 0.320 e. The summed E-state index contributed by atoms with van der Waals surface area (Å²) < 4.78 is 5.30. The van der Waals surface area contributed by atoms with Crippen molar-refractivity contribution in [3.05, 3.63) is 0 Å². The fourth-order valence-electron chi connectivity index (χ4n) is 2.82. The number of hydrogen-bond acceptors (Lipinski definition) is 3. The minimum absolute atomic E-state index is 0.0268. The quantitative estimate of drug-likeness (QED) is 0.813. The largest absolute Gasteiger partial charge is 0.481 e. The van der Waals surface area contributed by atoms with Crippen LogP contribution in [0.25, 0.3) is 0 Å². The van der Waals surface area contributed by atoms with Gasteiger partial charge in [-0.3, -0.25) is 4.79 Å². The van der Waals surface area contributed by atoms with Crippen molar-refractivity contribution in [2.75, 3.05) is 32.8 Å². The van der Waals surface area contributed by atoms with Crippen LogP contribution in [0.4, 0.5) is 4.79 Å². The first kappa shape index (κ1) is 14.1. The fourth-order valence-corrected chi connectivity index (χ4v) is 2.82. The third-order valence-electron chi connectivity index (χ3n) is 3.81. The molecule has 0 radical (unpaired) electrons. The van der Waals surface area contributed by atoms with Crippen LogP contribution in [0, 0.1) is 5.92 Å². The van der Waals surface area contributed by atoms with E-state index in [0.717, 1.165) is 25.9 Å². The topological polar surface area (TPSA) is 70.1 Å². The van der Waals surface area contributed by atoms with Gasteiger partial charge in [0.15, 0.2) is 0 Å². The summed E-state index contributed by atoms with van der Waals surface area (Å²) in [6, 6.07) is -0.364. The minimum atomic E-state index is -0.889. The lowest BCUT2D eigenvalue weighted by atomic mass is 10.0. The molecule has 0 bridgehead atoms. The first-order valence-electron chi connectivity index (χ1n) is 6.93. The Bertz CT molecular complexity index is 348. The van der Waals surface area contributed by atoms with Crippen LogP contribution >= 0.6 is 0 Å². The number of urea groups is 1. The molecule has 2 amide bonds. The van der Waals surface area contributed by atoms with Crippen molar-refractivity contribution in [3.63, 3.8) is 0 Å². The molecule has 2 heterocycles. The lowest BCUT2D eigenvalue weighted by Crippen LogP contribution is -2.55. The average Bonchev–Trinajstić information content (AvgIpc) is 2.38. The second-order valence-electron chi connectivity index (χ2n) is 5.50. The molecule has 6 heteroatoms. The standard InChI is InChI=1S/C13H22N2O4/c1-10-3-2-4-14(8-10)13(18)15-5-6-19-9-11(15)7-12(16)17/h10-11H,2-9H2,1H3,(H,16,17). The number of amides is 2. The van der Waals surface area contributed by atoms with Gasteiger partial charge in [-0.25, -0.2) is 4.79 Å². The number of hydrogen-bond donors (Lipinski definition) is 1. The van der Waals surface area contributed by atoms with Crippen LogP contribution in [0.2, 0.25) is 0 Å². The highest BCUT2D eigenvalue weighted by atomic mass is 16.5. The molecular weight excluding hydrogens is 248 g/mol. The number of ether oxygens (including phenoxy) is 1. The molecule has 0 aliphatic carbocycles. The fraction of sp³-hybridized carbons (Fsp3) is 0.846. The maximum atomic E-state index is 12.5. The van der Waals surface area contributed by atoms with Gasteiger partial charge in [-0.2, -0.15) is 0 Å². The molecule has 2 aliphatic heterocycles. The van der Waals surface area contributed by atoms with Crippen molar-refractivity contribution >= 4 is 12.0 Å². The number of carboxylic acids is 1. The Balaban J connectivity index is 2.00. The van der Waals surface area contributed by atoms with Crippen LogP contribution in [0.5, 0.6) is 0 Å². The molecule has 19 heavy (non-hydrogen) atoms. The van der Waals surface area contributed by atoms with Gasteiger partial charge >= 0.3 is 12.0 Å². The molecule has 2 aliphatic rings. The molecule has 2 unspecified atom stereocenters. The maximum absolute atomic E-state index is 12.5. The van der Waals surface area contributed by atoms with Crippen molar-refractivity contribution in [2.24, 2.45) is 5.92 Å². The predicted octanol–water partition coefficient (Wildman–Crippen LogP) is 1.01. The lowest BCUT2D eigenvalue weighted by Gasteiger charge is -2.40.